The van der Waals surface area contributed by atoms with Gasteiger partial charge in [-0.1, -0.05) is 0 Å². The number of nitrogens with one attached hydrogen (secondary N) is 1. The summed E-state index contributed by atoms with van der Waals surface area (Å²) in [6.45, 7) is 3.32. The van der Waals surface area contributed by atoms with E-state index in [-0.39, 0.29) is 6.10 Å². The minimum Gasteiger partial charge on any atom is -0.375 e. The highest BCUT2D eigenvalue weighted by Crippen LogP contribution is 2.21. The van der Waals surface area contributed by atoms with E-state index >= 15 is 0 Å². The zero-order valence-corrected chi connectivity index (χ0v) is 16.4. The predicted molar refractivity (Wildman–Crippen MR) is 102 cm³/mol. The minimum absolute atomic E-state index is 0.0243. The normalized spacial score (nSPS) is 13.4. The second-order valence-corrected chi connectivity index (χ2v) is 7.40. The molecular formula is C16H22N6OS2. The summed E-state index contributed by atoms with van der Waals surface area (Å²) in [6.07, 6.45) is 4.07. The van der Waals surface area contributed by atoms with Crippen LogP contribution in [0.1, 0.15) is 29.4 Å². The molecule has 0 saturated heterocycles. The number of imidazole rings is 1. The zero-order chi connectivity index (χ0) is 17.8. The number of hydrogen-bond acceptors (Lipinski definition) is 6. The van der Waals surface area contributed by atoms with E-state index in [9.17, 15) is 0 Å². The Bertz CT molecular complexity index is 823. The van der Waals surface area contributed by atoms with E-state index in [2.05, 4.69) is 30.6 Å². The van der Waals surface area contributed by atoms with E-state index in [1.807, 2.05) is 36.1 Å². The van der Waals surface area contributed by atoms with Crippen molar-refractivity contribution in [3.05, 3.63) is 39.5 Å². The van der Waals surface area contributed by atoms with Crippen LogP contribution in [0, 0.1) is 0 Å². The lowest BCUT2D eigenvalue weighted by molar-refractivity contribution is 0.119. The summed E-state index contributed by atoms with van der Waals surface area (Å²) in [7, 11) is 5.48. The Morgan fingerprint density at radius 1 is 1.40 bits per heavy atom. The third-order valence-corrected chi connectivity index (χ3v) is 5.64. The van der Waals surface area contributed by atoms with Gasteiger partial charge in [0.25, 0.3) is 0 Å². The van der Waals surface area contributed by atoms with Gasteiger partial charge in [-0.25, -0.2) is 9.97 Å². The van der Waals surface area contributed by atoms with Gasteiger partial charge in [-0.2, -0.15) is 0 Å². The molecule has 1 atom stereocenters. The van der Waals surface area contributed by atoms with Crippen molar-refractivity contribution in [1.82, 2.24) is 24.6 Å². The number of thiazole rings is 2. The summed E-state index contributed by atoms with van der Waals surface area (Å²) < 4.78 is 7.35. The standard InChI is InChI=1S/C16H22N6OS2/c1-11(23-4)14-19-13(10-25-14)8-21(3)15(17-2)18-7-12-9-22-5-6-24-16(22)20-12/h5-6,9-11H,7-8H2,1-4H3,(H,17,18). The summed E-state index contributed by atoms with van der Waals surface area (Å²) in [5, 5.41) is 8.44. The van der Waals surface area contributed by atoms with E-state index in [4.69, 9.17) is 4.74 Å². The Morgan fingerprint density at radius 2 is 2.24 bits per heavy atom. The van der Waals surface area contributed by atoms with Crippen molar-refractivity contribution >= 4 is 33.6 Å². The third-order valence-electron chi connectivity index (χ3n) is 3.81. The Hall–Kier alpha value is -1.97. The molecule has 0 fully saturated rings. The number of aromatic nitrogens is 3. The summed E-state index contributed by atoms with van der Waals surface area (Å²) in [5.41, 5.74) is 2.00. The minimum atomic E-state index is 0.0243. The van der Waals surface area contributed by atoms with Gasteiger partial charge >= 0.3 is 0 Å². The van der Waals surface area contributed by atoms with Crippen LogP contribution in [0.4, 0.5) is 0 Å². The van der Waals surface area contributed by atoms with Crippen LogP contribution >= 0.6 is 22.7 Å². The molecule has 0 aliphatic rings. The first-order valence-electron chi connectivity index (χ1n) is 7.90. The lowest BCUT2D eigenvalue weighted by Gasteiger charge is -2.20. The molecule has 0 amide bonds. The van der Waals surface area contributed by atoms with Gasteiger partial charge in [-0.15, -0.1) is 22.7 Å². The van der Waals surface area contributed by atoms with Gasteiger partial charge < -0.3 is 15.0 Å². The fraction of sp³-hybridized carbons (Fsp3) is 0.438. The molecule has 134 valence electrons. The van der Waals surface area contributed by atoms with Crippen molar-refractivity contribution in [3.63, 3.8) is 0 Å². The van der Waals surface area contributed by atoms with Crippen LogP contribution in [-0.2, 0) is 17.8 Å². The highest BCUT2D eigenvalue weighted by molar-refractivity contribution is 7.15. The Kier molecular flexibility index (Phi) is 5.67. The Balaban J connectivity index is 1.58. The summed E-state index contributed by atoms with van der Waals surface area (Å²) in [6, 6.07) is 0. The first-order chi connectivity index (χ1) is 12.1. The molecule has 3 heterocycles. The van der Waals surface area contributed by atoms with Crippen molar-refractivity contribution in [2.24, 2.45) is 4.99 Å². The van der Waals surface area contributed by atoms with Crippen molar-refractivity contribution in [2.75, 3.05) is 21.2 Å². The highest BCUT2D eigenvalue weighted by Gasteiger charge is 2.13. The number of aliphatic imine (C=N–C) groups is 1. The number of hydrogen-bond donors (Lipinski definition) is 1. The summed E-state index contributed by atoms with van der Waals surface area (Å²) >= 11 is 3.25. The van der Waals surface area contributed by atoms with Crippen molar-refractivity contribution in [3.8, 4) is 0 Å². The largest absolute Gasteiger partial charge is 0.375 e. The van der Waals surface area contributed by atoms with Gasteiger partial charge in [-0.05, 0) is 6.92 Å². The molecular weight excluding hydrogens is 356 g/mol. The van der Waals surface area contributed by atoms with Gasteiger partial charge in [0, 0.05) is 44.4 Å². The number of fused-ring (bicyclic) bond motifs is 1. The van der Waals surface area contributed by atoms with Crippen LogP contribution in [0.15, 0.2) is 28.1 Å². The number of ether oxygens (including phenoxy) is 1. The average Bonchev–Trinajstić information content (AvgIpc) is 3.30. The molecule has 3 aromatic heterocycles. The van der Waals surface area contributed by atoms with E-state index in [0.29, 0.717) is 13.1 Å². The predicted octanol–water partition coefficient (Wildman–Crippen LogP) is 2.77. The van der Waals surface area contributed by atoms with Crippen LogP contribution < -0.4 is 5.32 Å². The smallest absolute Gasteiger partial charge is 0.194 e. The summed E-state index contributed by atoms with van der Waals surface area (Å²) in [4.78, 5) is 16.6. The SMILES string of the molecule is CN=C(NCc1cn2ccsc2n1)N(C)Cc1csc(C(C)OC)n1. The van der Waals surface area contributed by atoms with E-state index in [1.54, 1.807) is 36.8 Å². The average molecular weight is 379 g/mol. The van der Waals surface area contributed by atoms with Crippen LogP contribution in [-0.4, -0.2) is 46.4 Å². The molecule has 7 nitrogen and oxygen atoms in total. The second-order valence-electron chi connectivity index (χ2n) is 5.64. The van der Waals surface area contributed by atoms with Crippen molar-refractivity contribution < 1.29 is 4.74 Å². The Labute approximate surface area is 155 Å². The van der Waals surface area contributed by atoms with Crippen LogP contribution in [0.3, 0.4) is 0 Å². The number of guanidine groups is 1. The lowest BCUT2D eigenvalue weighted by atomic mass is 10.4. The van der Waals surface area contributed by atoms with Gasteiger partial charge in [0.15, 0.2) is 10.9 Å². The fourth-order valence-electron chi connectivity index (χ4n) is 2.42. The van der Waals surface area contributed by atoms with Crippen molar-refractivity contribution in [2.45, 2.75) is 26.1 Å². The monoisotopic (exact) mass is 378 g/mol. The second kappa shape index (κ2) is 7.94. The lowest BCUT2D eigenvalue weighted by Crippen LogP contribution is -2.38. The molecule has 25 heavy (non-hydrogen) atoms. The topological polar surface area (TPSA) is 67.0 Å². The molecule has 9 heteroatoms. The summed E-state index contributed by atoms with van der Waals surface area (Å²) in [5.74, 6) is 0.811. The number of rotatable bonds is 6. The van der Waals surface area contributed by atoms with Gasteiger partial charge in [0.2, 0.25) is 0 Å². The number of nitrogens with zero attached hydrogens (tertiary/aromatic N) is 5. The maximum Gasteiger partial charge on any atom is 0.194 e. The van der Waals surface area contributed by atoms with E-state index < -0.39 is 0 Å². The Morgan fingerprint density at radius 3 is 2.96 bits per heavy atom. The molecule has 0 saturated carbocycles. The number of methoxy groups -OCH3 is 1. The molecule has 3 aromatic rings. The van der Waals surface area contributed by atoms with Gasteiger partial charge in [0.1, 0.15) is 11.1 Å². The first-order valence-corrected chi connectivity index (χ1v) is 9.66. The fourth-order valence-corrected chi connectivity index (χ4v) is 3.98. The van der Waals surface area contributed by atoms with Crippen LogP contribution in [0.2, 0.25) is 0 Å². The maximum absolute atomic E-state index is 5.32. The molecule has 0 bridgehead atoms. The van der Waals surface area contributed by atoms with E-state index in [0.717, 1.165) is 27.3 Å². The van der Waals surface area contributed by atoms with E-state index in [1.165, 1.54) is 0 Å². The van der Waals surface area contributed by atoms with Crippen LogP contribution in [0.25, 0.3) is 4.96 Å². The molecule has 0 spiro atoms. The molecule has 0 aromatic carbocycles. The molecule has 0 aliphatic carbocycles. The molecule has 0 aliphatic heterocycles. The molecule has 1 N–H and O–H groups in total. The van der Waals surface area contributed by atoms with Gasteiger partial charge in [0.05, 0.1) is 24.5 Å². The van der Waals surface area contributed by atoms with Gasteiger partial charge in [-0.3, -0.25) is 9.39 Å². The van der Waals surface area contributed by atoms with Crippen molar-refractivity contribution in [1.29, 1.82) is 0 Å². The molecule has 1 unspecified atom stereocenters. The zero-order valence-electron chi connectivity index (χ0n) is 14.8. The molecule has 0 radical (unpaired) electrons. The van der Waals surface area contributed by atoms with Crippen LogP contribution in [0.5, 0.6) is 0 Å². The third kappa shape index (κ3) is 4.17. The highest BCUT2D eigenvalue weighted by atomic mass is 32.1. The molecule has 3 rings (SSSR count). The maximum atomic E-state index is 5.32. The quantitative estimate of drug-likeness (QED) is 0.528. The first kappa shape index (κ1) is 17.8.